The maximum atomic E-state index is 12.1. The number of fused-ring (bicyclic) bond motifs is 1. The molecule has 0 aliphatic carbocycles. The summed E-state index contributed by atoms with van der Waals surface area (Å²) in [6.45, 7) is 2.83. The summed E-state index contributed by atoms with van der Waals surface area (Å²) in [6, 6.07) is 7.82. The molecule has 96 valence electrons. The summed E-state index contributed by atoms with van der Waals surface area (Å²) in [5.41, 5.74) is 0.898. The molecule has 1 fully saturated rings. The van der Waals surface area contributed by atoms with Gasteiger partial charge < -0.3 is 9.29 Å². The first-order chi connectivity index (χ1) is 8.83. The number of hydrogen-bond acceptors (Lipinski definition) is 6. The number of aromatic nitrogens is 1. The van der Waals surface area contributed by atoms with Crippen molar-refractivity contribution in [3.63, 3.8) is 0 Å². The van der Waals surface area contributed by atoms with E-state index in [1.54, 1.807) is 0 Å². The zero-order valence-electron chi connectivity index (χ0n) is 9.67. The van der Waals surface area contributed by atoms with Crippen molar-refractivity contribution < 1.29 is 9.29 Å². The number of hydrogen-bond donors (Lipinski definition) is 1. The zero-order valence-corrected chi connectivity index (χ0v) is 11.3. The first-order valence-electron chi connectivity index (χ1n) is 5.69. The van der Waals surface area contributed by atoms with E-state index in [9.17, 15) is 4.55 Å². The van der Waals surface area contributed by atoms with Gasteiger partial charge in [0, 0.05) is 13.1 Å². The first-order valence-corrected chi connectivity index (χ1v) is 7.66. The van der Waals surface area contributed by atoms with Gasteiger partial charge in [0.15, 0.2) is 0 Å². The van der Waals surface area contributed by atoms with Gasteiger partial charge in [-0.25, -0.2) is 0 Å². The van der Waals surface area contributed by atoms with Crippen LogP contribution in [0.25, 0.3) is 10.2 Å². The van der Waals surface area contributed by atoms with Gasteiger partial charge in [0.2, 0.25) is 0 Å². The van der Waals surface area contributed by atoms with E-state index in [0.717, 1.165) is 23.3 Å². The van der Waals surface area contributed by atoms with Crippen molar-refractivity contribution >= 4 is 32.9 Å². The monoisotopic (exact) mass is 283 g/mol. The Hall–Kier alpha value is -0.700. The Balaban J connectivity index is 1.72. The molecule has 1 aliphatic heterocycles. The molecule has 7 heteroatoms. The highest BCUT2D eigenvalue weighted by Gasteiger charge is 2.22. The molecule has 1 aromatic carbocycles. The number of nitrogens with one attached hydrogen (secondary N) is 1. The Morgan fingerprint density at radius 3 is 2.89 bits per heavy atom. The maximum Gasteiger partial charge on any atom is 0.325 e. The van der Waals surface area contributed by atoms with E-state index in [2.05, 4.69) is 9.82 Å². The molecule has 5 nitrogen and oxygen atoms in total. The predicted molar refractivity (Wildman–Crippen MR) is 71.6 cm³/mol. The normalized spacial score (nSPS) is 19.2. The molecule has 1 aromatic heterocycles. The maximum absolute atomic E-state index is 12.1. The van der Waals surface area contributed by atoms with E-state index in [-0.39, 0.29) is 0 Å². The summed E-state index contributed by atoms with van der Waals surface area (Å²) in [7, 11) is 0. The van der Waals surface area contributed by atoms with Crippen LogP contribution in [0.3, 0.4) is 0 Å². The molecule has 1 saturated heterocycles. The van der Waals surface area contributed by atoms with Gasteiger partial charge in [0.25, 0.3) is 0 Å². The minimum Gasteiger partial charge on any atom is -0.590 e. The predicted octanol–water partition coefficient (Wildman–Crippen LogP) is 1.16. The van der Waals surface area contributed by atoms with Gasteiger partial charge >= 0.3 is 4.34 Å². The number of thiazole rings is 1. The highest BCUT2D eigenvalue weighted by atomic mass is 32.2. The summed E-state index contributed by atoms with van der Waals surface area (Å²) < 4.78 is 19.1. The zero-order chi connectivity index (χ0) is 12.4. The van der Waals surface area contributed by atoms with Gasteiger partial charge in [0.05, 0.1) is 23.4 Å². The topological polar surface area (TPSA) is 60.5 Å². The summed E-state index contributed by atoms with van der Waals surface area (Å²) >= 11 is 0.176. The van der Waals surface area contributed by atoms with Crippen LogP contribution in [0.2, 0.25) is 0 Å². The van der Waals surface area contributed by atoms with Crippen LogP contribution in [-0.4, -0.2) is 40.8 Å². The van der Waals surface area contributed by atoms with Crippen molar-refractivity contribution in [2.75, 3.05) is 26.3 Å². The van der Waals surface area contributed by atoms with E-state index in [0.29, 0.717) is 17.6 Å². The summed E-state index contributed by atoms with van der Waals surface area (Å²) in [5, 5.41) is 1.92. The number of rotatable bonds is 3. The fourth-order valence-electron chi connectivity index (χ4n) is 1.74. The summed E-state index contributed by atoms with van der Waals surface area (Å²) in [5.74, 6) is 0. The molecule has 2 aromatic rings. The third kappa shape index (κ3) is 2.66. The van der Waals surface area contributed by atoms with Crippen LogP contribution in [0, 0.1) is 0 Å². The quantitative estimate of drug-likeness (QED) is 0.857. The number of benzene rings is 1. The average molecular weight is 283 g/mol. The molecule has 0 radical (unpaired) electrons. The Bertz CT molecular complexity index is 495. The molecule has 18 heavy (non-hydrogen) atoms. The highest BCUT2D eigenvalue weighted by Crippen LogP contribution is 2.24. The first kappa shape index (κ1) is 12.3. The molecular weight excluding hydrogens is 270 g/mol. The number of hydrazine groups is 1. The average Bonchev–Trinajstić information content (AvgIpc) is 2.84. The van der Waals surface area contributed by atoms with Crippen molar-refractivity contribution in [1.29, 1.82) is 0 Å². The molecule has 0 saturated carbocycles. The van der Waals surface area contributed by atoms with Crippen LogP contribution < -0.4 is 4.83 Å². The number of nitrogens with zero attached hydrogens (tertiary/aromatic N) is 2. The van der Waals surface area contributed by atoms with E-state index in [1.165, 1.54) is 11.3 Å². The van der Waals surface area contributed by atoms with Crippen LogP contribution in [-0.2, 0) is 16.1 Å². The minimum atomic E-state index is -1.29. The molecule has 1 atom stereocenters. The summed E-state index contributed by atoms with van der Waals surface area (Å²) in [6.07, 6.45) is 0. The third-order valence-electron chi connectivity index (χ3n) is 2.66. The molecule has 0 amide bonds. The van der Waals surface area contributed by atoms with E-state index in [4.69, 9.17) is 4.74 Å². The number of morpholine rings is 1. The Labute approximate surface area is 112 Å². The number of ether oxygens (including phenoxy) is 1. The van der Waals surface area contributed by atoms with Crippen LogP contribution >= 0.6 is 11.3 Å². The second-order valence-corrected chi connectivity index (χ2v) is 6.30. The lowest BCUT2D eigenvalue weighted by Gasteiger charge is -2.25. The molecule has 3 rings (SSSR count). The minimum absolute atomic E-state index is 0.614. The van der Waals surface area contributed by atoms with Crippen LogP contribution in [0.5, 0.6) is 0 Å². The lowest BCUT2D eigenvalue weighted by atomic mass is 10.3. The highest BCUT2D eigenvalue weighted by molar-refractivity contribution is 7.91. The van der Waals surface area contributed by atoms with Crippen LogP contribution in [0.15, 0.2) is 28.6 Å². The van der Waals surface area contributed by atoms with E-state index in [1.807, 2.05) is 29.3 Å². The molecule has 1 unspecified atom stereocenters. The van der Waals surface area contributed by atoms with Gasteiger partial charge in [-0.3, -0.25) is 0 Å². The second kappa shape index (κ2) is 5.52. The molecule has 1 N–H and O–H groups in total. The van der Waals surface area contributed by atoms with Gasteiger partial charge in [-0.1, -0.05) is 28.3 Å². The van der Waals surface area contributed by atoms with Gasteiger partial charge in [0.1, 0.15) is 11.4 Å². The Morgan fingerprint density at radius 2 is 2.11 bits per heavy atom. The lowest BCUT2D eigenvalue weighted by molar-refractivity contribution is 0.0272. The fourth-order valence-corrected chi connectivity index (χ4v) is 3.80. The number of para-hydroxylation sites is 1. The molecule has 0 spiro atoms. The third-order valence-corrected chi connectivity index (χ3v) is 5.02. The van der Waals surface area contributed by atoms with Gasteiger partial charge in [-0.2, -0.15) is 9.99 Å². The molecule has 0 bridgehead atoms. The van der Waals surface area contributed by atoms with Crippen LogP contribution in [0.1, 0.15) is 0 Å². The Kier molecular flexibility index (Phi) is 3.78. The SMILES string of the molecule is [O-][S+](NN1CCOCC1)c1nc2ccccc2s1. The van der Waals surface area contributed by atoms with Gasteiger partial charge in [-0.15, -0.1) is 0 Å². The largest absolute Gasteiger partial charge is 0.590 e. The fraction of sp³-hybridized carbons (Fsp3) is 0.364. The van der Waals surface area contributed by atoms with E-state index < -0.39 is 11.4 Å². The van der Waals surface area contributed by atoms with Crippen molar-refractivity contribution in [1.82, 2.24) is 14.8 Å². The van der Waals surface area contributed by atoms with Crippen molar-refractivity contribution in [2.45, 2.75) is 4.34 Å². The summed E-state index contributed by atoms with van der Waals surface area (Å²) in [4.78, 5) is 7.35. The van der Waals surface area contributed by atoms with Gasteiger partial charge in [-0.05, 0) is 12.1 Å². The smallest absolute Gasteiger partial charge is 0.325 e. The van der Waals surface area contributed by atoms with Crippen LogP contribution in [0.4, 0.5) is 0 Å². The second-order valence-electron chi connectivity index (χ2n) is 3.91. The van der Waals surface area contributed by atoms with E-state index >= 15 is 0 Å². The molecular formula is C11H13N3O2S2. The Morgan fingerprint density at radius 1 is 1.33 bits per heavy atom. The van der Waals surface area contributed by atoms with Crippen molar-refractivity contribution in [2.24, 2.45) is 0 Å². The molecule has 1 aliphatic rings. The molecule has 2 heterocycles. The van der Waals surface area contributed by atoms with Crippen molar-refractivity contribution in [3.8, 4) is 0 Å². The van der Waals surface area contributed by atoms with Crippen molar-refractivity contribution in [3.05, 3.63) is 24.3 Å². The lowest BCUT2D eigenvalue weighted by Crippen LogP contribution is -2.48. The standard InChI is InChI=1S/C11H13N3O2S2/c15-18(13-14-5-7-16-8-6-14)11-12-9-3-1-2-4-10(9)17-11/h1-4,13H,5-8H2.